The van der Waals surface area contributed by atoms with Crippen LogP contribution in [0.3, 0.4) is 0 Å². The van der Waals surface area contributed by atoms with Crippen molar-refractivity contribution >= 4 is 21.4 Å². The molecule has 2 rings (SSSR count). The molecule has 1 aromatic carbocycles. The van der Waals surface area contributed by atoms with Gasteiger partial charge in [0.1, 0.15) is 23.1 Å². The topological polar surface area (TPSA) is 131 Å². The van der Waals surface area contributed by atoms with E-state index in [0.717, 1.165) is 25.5 Å². The Hall–Kier alpha value is -1.91. The summed E-state index contributed by atoms with van der Waals surface area (Å²) < 4.78 is 31.2. The molecule has 0 fully saturated rings. The molecule has 0 saturated carbocycles. The first-order chi connectivity index (χ1) is 12.5. The Morgan fingerprint density at radius 2 is 2.00 bits per heavy atom. The van der Waals surface area contributed by atoms with Gasteiger partial charge >= 0.3 is 0 Å². The van der Waals surface area contributed by atoms with Crippen LogP contribution in [-0.4, -0.2) is 43.0 Å². The van der Waals surface area contributed by atoms with Gasteiger partial charge in [0.15, 0.2) is 0 Å². The number of hydrogen-bond acceptors (Lipinski definition) is 7. The van der Waals surface area contributed by atoms with Crippen LogP contribution in [0.5, 0.6) is 5.75 Å². The summed E-state index contributed by atoms with van der Waals surface area (Å²) in [6.45, 7) is 6.15. The highest BCUT2D eigenvalue weighted by Crippen LogP contribution is 2.44. The first-order valence-corrected chi connectivity index (χ1v) is 10.8. The molecule has 0 bridgehead atoms. The Bertz CT molecular complexity index is 809. The van der Waals surface area contributed by atoms with Gasteiger partial charge in [0.2, 0.25) is 10.0 Å². The highest BCUT2D eigenvalue weighted by molar-refractivity contribution is 7.92. The van der Waals surface area contributed by atoms with Crippen LogP contribution >= 0.6 is 0 Å². The molecular formula is C17H27N3O6S. The first-order valence-electron chi connectivity index (χ1n) is 8.87. The van der Waals surface area contributed by atoms with Gasteiger partial charge in [0, 0.05) is 5.56 Å². The fourth-order valence-corrected chi connectivity index (χ4v) is 3.68. The van der Waals surface area contributed by atoms with E-state index in [1.165, 1.54) is 12.1 Å². The predicted octanol–water partition coefficient (Wildman–Crippen LogP) is 2.32. The zero-order valence-corrected chi connectivity index (χ0v) is 16.8. The van der Waals surface area contributed by atoms with E-state index >= 15 is 0 Å². The molecule has 1 heterocycles. The van der Waals surface area contributed by atoms with E-state index < -0.39 is 38.4 Å². The molecule has 0 radical (unpaired) electrons. The van der Waals surface area contributed by atoms with Crippen LogP contribution in [0.15, 0.2) is 12.1 Å². The van der Waals surface area contributed by atoms with Crippen LogP contribution in [0.25, 0.3) is 0 Å². The number of anilines is 1. The van der Waals surface area contributed by atoms with Crippen LogP contribution in [0, 0.1) is 10.1 Å². The molecule has 1 aliphatic rings. The van der Waals surface area contributed by atoms with Crippen molar-refractivity contribution < 1.29 is 23.2 Å². The Morgan fingerprint density at radius 3 is 2.56 bits per heavy atom. The number of benzene rings is 1. The number of ether oxygens (including phenoxy) is 1. The number of fused-ring (bicyclic) bond motifs is 1. The third-order valence-electron chi connectivity index (χ3n) is 4.50. The van der Waals surface area contributed by atoms with Crippen LogP contribution < -0.4 is 14.8 Å². The molecule has 0 spiro atoms. The summed E-state index contributed by atoms with van der Waals surface area (Å²) in [6.07, 6.45) is 3.00. The van der Waals surface area contributed by atoms with Crippen molar-refractivity contribution in [3.05, 3.63) is 27.8 Å². The zero-order chi connectivity index (χ0) is 20.4. The van der Waals surface area contributed by atoms with Gasteiger partial charge in [-0.2, -0.15) is 0 Å². The van der Waals surface area contributed by atoms with Crippen LogP contribution in [0.1, 0.15) is 51.6 Å². The Kier molecular flexibility index (Phi) is 6.33. The number of nitro groups is 1. The van der Waals surface area contributed by atoms with Crippen molar-refractivity contribution in [3.8, 4) is 5.75 Å². The molecule has 0 aliphatic carbocycles. The average Bonchev–Trinajstić information content (AvgIpc) is 2.53. The zero-order valence-electron chi connectivity index (χ0n) is 16.0. The summed E-state index contributed by atoms with van der Waals surface area (Å²) in [5.41, 5.74) is -1.04. The van der Waals surface area contributed by atoms with Gasteiger partial charge in [-0.1, -0.05) is 19.8 Å². The van der Waals surface area contributed by atoms with E-state index in [0.29, 0.717) is 12.1 Å². The molecule has 0 saturated heterocycles. The fourth-order valence-electron chi connectivity index (χ4n) is 3.12. The van der Waals surface area contributed by atoms with Crippen LogP contribution in [0.4, 0.5) is 11.4 Å². The minimum absolute atomic E-state index is 0.155. The standard InChI is InChI=1S/C17H27N3O6S/c1-5-6-7-8-18-15-11-9-12(19-27(4,24)25)13(20(22)23)10-14(11)26-17(2,3)16(15)21/h9-10,15-16,18-19,21H,5-8H2,1-4H3. The van der Waals surface area contributed by atoms with Crippen LogP contribution in [-0.2, 0) is 10.0 Å². The molecule has 9 nitrogen and oxygen atoms in total. The average molecular weight is 401 g/mol. The second-order valence-electron chi connectivity index (χ2n) is 7.33. The van der Waals surface area contributed by atoms with Gasteiger partial charge in [-0.15, -0.1) is 0 Å². The van der Waals surface area contributed by atoms with Gasteiger partial charge in [0.25, 0.3) is 5.69 Å². The first kappa shape index (κ1) is 21.4. The summed E-state index contributed by atoms with van der Waals surface area (Å²) in [5.74, 6) is 0.254. The number of hydrogen-bond donors (Lipinski definition) is 3. The van der Waals surface area contributed by atoms with E-state index in [9.17, 15) is 23.6 Å². The lowest BCUT2D eigenvalue weighted by Crippen LogP contribution is -2.52. The largest absolute Gasteiger partial charge is 0.484 e. The number of unbranched alkanes of at least 4 members (excludes halogenated alkanes) is 2. The summed E-state index contributed by atoms with van der Waals surface area (Å²) >= 11 is 0. The summed E-state index contributed by atoms with van der Waals surface area (Å²) in [6, 6.07) is 2.03. The van der Waals surface area contributed by atoms with Crippen molar-refractivity contribution in [1.82, 2.24) is 5.32 Å². The molecule has 1 aromatic rings. The van der Waals surface area contributed by atoms with Gasteiger partial charge in [-0.3, -0.25) is 14.8 Å². The highest BCUT2D eigenvalue weighted by Gasteiger charge is 2.43. The maximum atomic E-state index is 11.6. The maximum absolute atomic E-state index is 11.6. The Morgan fingerprint density at radius 1 is 1.33 bits per heavy atom. The minimum Gasteiger partial charge on any atom is -0.484 e. The van der Waals surface area contributed by atoms with E-state index in [2.05, 4.69) is 17.0 Å². The molecule has 2 atom stereocenters. The monoisotopic (exact) mass is 401 g/mol. The second-order valence-corrected chi connectivity index (χ2v) is 9.08. The summed E-state index contributed by atoms with van der Waals surface area (Å²) in [7, 11) is -3.72. The Labute approximate surface area is 159 Å². The summed E-state index contributed by atoms with van der Waals surface area (Å²) in [5, 5.41) is 25.4. The normalized spacial score (nSPS) is 21.2. The third-order valence-corrected chi connectivity index (χ3v) is 5.09. The lowest BCUT2D eigenvalue weighted by atomic mass is 9.86. The lowest BCUT2D eigenvalue weighted by Gasteiger charge is -2.42. The van der Waals surface area contributed by atoms with Crippen molar-refractivity contribution in [3.63, 3.8) is 0 Å². The second kappa shape index (κ2) is 7.99. The third kappa shape index (κ3) is 5.08. The van der Waals surface area contributed by atoms with Gasteiger partial charge in [0.05, 0.1) is 23.3 Å². The number of nitrogens with zero attached hydrogens (tertiary/aromatic N) is 1. The number of aliphatic hydroxyl groups is 1. The van der Waals surface area contributed by atoms with E-state index in [1.807, 2.05) is 0 Å². The number of nitro benzene ring substituents is 1. The molecular weight excluding hydrogens is 374 g/mol. The van der Waals surface area contributed by atoms with Crippen molar-refractivity contribution in [2.75, 3.05) is 17.5 Å². The molecule has 152 valence electrons. The quantitative estimate of drug-likeness (QED) is 0.346. The molecule has 2 unspecified atom stereocenters. The van der Waals surface area contributed by atoms with Crippen molar-refractivity contribution in [2.45, 2.75) is 57.8 Å². The molecule has 27 heavy (non-hydrogen) atoms. The smallest absolute Gasteiger partial charge is 0.297 e. The molecule has 0 aromatic heterocycles. The SMILES string of the molecule is CCCCCNC1c2cc(NS(C)(=O)=O)c([N+](=O)[O-])cc2OC(C)(C)C1O. The highest BCUT2D eigenvalue weighted by atomic mass is 32.2. The summed E-state index contributed by atoms with van der Waals surface area (Å²) in [4.78, 5) is 10.7. The number of aliphatic hydroxyl groups excluding tert-OH is 1. The molecule has 0 amide bonds. The van der Waals surface area contributed by atoms with Gasteiger partial charge in [-0.05, 0) is 32.9 Å². The van der Waals surface area contributed by atoms with Crippen molar-refractivity contribution in [1.29, 1.82) is 0 Å². The fraction of sp³-hybridized carbons (Fsp3) is 0.647. The molecule has 10 heteroatoms. The lowest BCUT2D eigenvalue weighted by molar-refractivity contribution is -0.384. The number of sulfonamides is 1. The van der Waals surface area contributed by atoms with E-state index in [1.54, 1.807) is 13.8 Å². The van der Waals surface area contributed by atoms with E-state index in [4.69, 9.17) is 4.74 Å². The van der Waals surface area contributed by atoms with Crippen LogP contribution in [0.2, 0.25) is 0 Å². The predicted molar refractivity (Wildman–Crippen MR) is 103 cm³/mol. The molecule has 1 aliphatic heterocycles. The van der Waals surface area contributed by atoms with Crippen molar-refractivity contribution in [2.24, 2.45) is 0 Å². The minimum atomic E-state index is -3.72. The van der Waals surface area contributed by atoms with E-state index in [-0.39, 0.29) is 11.4 Å². The molecule has 3 N–H and O–H groups in total. The maximum Gasteiger partial charge on any atom is 0.297 e. The Balaban J connectivity index is 2.50. The number of rotatable bonds is 8. The number of nitrogens with one attached hydrogen (secondary N) is 2. The van der Waals surface area contributed by atoms with Gasteiger partial charge < -0.3 is 15.2 Å². The van der Waals surface area contributed by atoms with Gasteiger partial charge in [-0.25, -0.2) is 8.42 Å².